The van der Waals surface area contributed by atoms with Crippen molar-refractivity contribution in [1.29, 1.82) is 0 Å². The van der Waals surface area contributed by atoms with Gasteiger partial charge >= 0.3 is 0 Å². The van der Waals surface area contributed by atoms with Crippen LogP contribution in [0.1, 0.15) is 12.8 Å². The highest BCUT2D eigenvalue weighted by atomic mass is 16.5. The quantitative estimate of drug-likeness (QED) is 0.740. The van der Waals surface area contributed by atoms with Crippen LogP contribution in [0, 0.1) is 0 Å². The van der Waals surface area contributed by atoms with Crippen molar-refractivity contribution in [3.8, 4) is 17.0 Å². The van der Waals surface area contributed by atoms with Crippen molar-refractivity contribution in [2.45, 2.75) is 12.8 Å². The second-order valence-corrected chi connectivity index (χ2v) is 6.14. The van der Waals surface area contributed by atoms with E-state index >= 15 is 0 Å². The molecule has 1 N–H and O–H groups in total. The molecule has 0 aliphatic carbocycles. The van der Waals surface area contributed by atoms with Crippen LogP contribution in [-0.4, -0.2) is 53.3 Å². The van der Waals surface area contributed by atoms with E-state index in [0.717, 1.165) is 41.3 Å². The van der Waals surface area contributed by atoms with Crippen LogP contribution < -0.4 is 10.1 Å². The summed E-state index contributed by atoms with van der Waals surface area (Å²) in [6.45, 7) is 4.20. The van der Waals surface area contributed by atoms with Gasteiger partial charge in [0.25, 0.3) is 5.71 Å². The number of nitrogens with one attached hydrogen (secondary N) is 1. The Kier molecular flexibility index (Phi) is 4.47. The molecule has 0 radical (unpaired) electrons. The van der Waals surface area contributed by atoms with Gasteiger partial charge in [-0.2, -0.15) is 4.98 Å². The molecule has 3 heterocycles. The van der Waals surface area contributed by atoms with Crippen molar-refractivity contribution in [1.82, 2.24) is 20.0 Å². The molecule has 1 fully saturated rings. The third-order valence-corrected chi connectivity index (χ3v) is 4.54. The SMILES string of the molecule is COc1cccc(-c2noc3ncnc(NCCN4CCCC4)c23)c1. The molecule has 0 bridgehead atoms. The van der Waals surface area contributed by atoms with Gasteiger partial charge < -0.3 is 19.5 Å². The highest BCUT2D eigenvalue weighted by molar-refractivity contribution is 5.97. The van der Waals surface area contributed by atoms with E-state index in [0.29, 0.717) is 5.71 Å². The molecule has 3 aromatic rings. The molecule has 2 aromatic heterocycles. The lowest BCUT2D eigenvalue weighted by Crippen LogP contribution is -2.26. The van der Waals surface area contributed by atoms with Crippen LogP contribution in [0.25, 0.3) is 22.4 Å². The minimum absolute atomic E-state index is 0.483. The average molecular weight is 339 g/mol. The van der Waals surface area contributed by atoms with E-state index in [9.17, 15) is 0 Å². The van der Waals surface area contributed by atoms with Gasteiger partial charge in [0.05, 0.1) is 7.11 Å². The number of nitrogens with zero attached hydrogens (tertiary/aromatic N) is 4. The van der Waals surface area contributed by atoms with Gasteiger partial charge in [0.15, 0.2) is 0 Å². The summed E-state index contributed by atoms with van der Waals surface area (Å²) < 4.78 is 10.7. The zero-order valence-electron chi connectivity index (χ0n) is 14.2. The molecule has 1 saturated heterocycles. The number of fused-ring (bicyclic) bond motifs is 1. The van der Waals surface area contributed by atoms with Crippen molar-refractivity contribution >= 4 is 16.9 Å². The number of anilines is 1. The van der Waals surface area contributed by atoms with Crippen LogP contribution >= 0.6 is 0 Å². The summed E-state index contributed by atoms with van der Waals surface area (Å²) in [4.78, 5) is 11.1. The van der Waals surface area contributed by atoms with Crippen molar-refractivity contribution < 1.29 is 9.26 Å². The van der Waals surface area contributed by atoms with E-state index in [1.165, 1.54) is 32.3 Å². The average Bonchev–Trinajstić information content (AvgIpc) is 3.32. The van der Waals surface area contributed by atoms with E-state index in [4.69, 9.17) is 9.26 Å². The molecule has 0 atom stereocenters. The highest BCUT2D eigenvalue weighted by Gasteiger charge is 2.17. The second-order valence-electron chi connectivity index (χ2n) is 6.14. The molecule has 25 heavy (non-hydrogen) atoms. The largest absolute Gasteiger partial charge is 0.497 e. The number of ether oxygens (including phenoxy) is 1. The lowest BCUT2D eigenvalue weighted by molar-refractivity contribution is 0.352. The minimum Gasteiger partial charge on any atom is -0.497 e. The van der Waals surface area contributed by atoms with E-state index in [1.54, 1.807) is 7.11 Å². The number of methoxy groups -OCH3 is 1. The Morgan fingerprint density at radius 3 is 2.96 bits per heavy atom. The maximum absolute atomic E-state index is 5.41. The van der Waals surface area contributed by atoms with Crippen LogP contribution in [-0.2, 0) is 0 Å². The van der Waals surface area contributed by atoms with E-state index in [-0.39, 0.29) is 0 Å². The molecular weight excluding hydrogens is 318 g/mol. The standard InChI is InChI=1S/C18H21N5O2/c1-24-14-6-4-5-13(11-14)16-15-17(20-12-21-18(15)25-22-16)19-7-10-23-8-2-3-9-23/h4-6,11-12H,2-3,7-10H2,1H3,(H,19,20,21). The minimum atomic E-state index is 0.483. The number of likely N-dealkylation sites (tertiary alicyclic amines) is 1. The normalized spacial score (nSPS) is 14.9. The van der Waals surface area contributed by atoms with Crippen molar-refractivity contribution in [3.05, 3.63) is 30.6 Å². The van der Waals surface area contributed by atoms with Gasteiger partial charge in [-0.1, -0.05) is 17.3 Å². The second kappa shape index (κ2) is 7.06. The molecule has 0 unspecified atom stereocenters. The summed E-state index contributed by atoms with van der Waals surface area (Å²) in [5, 5.41) is 8.42. The molecule has 1 aliphatic heterocycles. The predicted octanol–water partition coefficient (Wildman–Crippen LogP) is 2.80. The molecule has 7 nitrogen and oxygen atoms in total. The maximum atomic E-state index is 5.41. The summed E-state index contributed by atoms with van der Waals surface area (Å²) in [6.07, 6.45) is 4.09. The lowest BCUT2D eigenvalue weighted by atomic mass is 10.1. The molecule has 130 valence electrons. The summed E-state index contributed by atoms with van der Waals surface area (Å²) >= 11 is 0. The van der Waals surface area contributed by atoms with Gasteiger partial charge in [-0.3, -0.25) is 0 Å². The topological polar surface area (TPSA) is 76.3 Å². The van der Waals surface area contributed by atoms with Gasteiger partial charge in [-0.05, 0) is 38.1 Å². The summed E-state index contributed by atoms with van der Waals surface area (Å²) in [5.41, 5.74) is 2.12. The first-order valence-electron chi connectivity index (χ1n) is 8.56. The van der Waals surface area contributed by atoms with E-state index < -0.39 is 0 Å². The fourth-order valence-electron chi connectivity index (χ4n) is 3.23. The third kappa shape index (κ3) is 3.28. The first-order valence-corrected chi connectivity index (χ1v) is 8.56. The van der Waals surface area contributed by atoms with Crippen LogP contribution in [0.5, 0.6) is 5.75 Å². The Bertz CT molecular complexity index is 858. The molecule has 7 heteroatoms. The zero-order valence-corrected chi connectivity index (χ0v) is 14.2. The zero-order chi connectivity index (χ0) is 17.1. The van der Waals surface area contributed by atoms with Gasteiger partial charge in [0, 0.05) is 18.7 Å². The third-order valence-electron chi connectivity index (χ3n) is 4.54. The Morgan fingerprint density at radius 1 is 1.24 bits per heavy atom. The number of aromatic nitrogens is 3. The summed E-state index contributed by atoms with van der Waals surface area (Å²) in [7, 11) is 1.65. The molecule has 4 rings (SSSR count). The monoisotopic (exact) mass is 339 g/mol. The first kappa shape index (κ1) is 15.8. The van der Waals surface area contributed by atoms with Gasteiger partial charge in [0.2, 0.25) is 0 Å². The summed E-state index contributed by atoms with van der Waals surface area (Å²) in [5.74, 6) is 1.53. The van der Waals surface area contributed by atoms with Crippen molar-refractivity contribution in [3.63, 3.8) is 0 Å². The Balaban J connectivity index is 1.61. The fraction of sp³-hybridized carbons (Fsp3) is 0.389. The number of hydrogen-bond donors (Lipinski definition) is 1. The molecule has 0 saturated carbocycles. The fourth-order valence-corrected chi connectivity index (χ4v) is 3.23. The number of hydrogen-bond acceptors (Lipinski definition) is 7. The van der Waals surface area contributed by atoms with Crippen molar-refractivity contribution in [2.24, 2.45) is 0 Å². The molecule has 1 aromatic carbocycles. The van der Waals surface area contributed by atoms with Gasteiger partial charge in [-0.25, -0.2) is 4.98 Å². The summed E-state index contributed by atoms with van der Waals surface area (Å²) in [6, 6.07) is 7.73. The van der Waals surface area contributed by atoms with Gasteiger partial charge in [0.1, 0.15) is 29.0 Å². The molecule has 0 amide bonds. The lowest BCUT2D eigenvalue weighted by Gasteiger charge is -2.15. The van der Waals surface area contributed by atoms with Crippen molar-refractivity contribution in [2.75, 3.05) is 38.6 Å². The first-order chi connectivity index (χ1) is 12.3. The highest BCUT2D eigenvalue weighted by Crippen LogP contribution is 2.32. The van der Waals surface area contributed by atoms with E-state index in [2.05, 4.69) is 25.3 Å². The van der Waals surface area contributed by atoms with Crippen LogP contribution in [0.15, 0.2) is 35.1 Å². The smallest absolute Gasteiger partial charge is 0.263 e. The Labute approximate surface area is 146 Å². The Morgan fingerprint density at radius 2 is 2.12 bits per heavy atom. The number of rotatable bonds is 6. The van der Waals surface area contributed by atoms with Crippen LogP contribution in [0.3, 0.4) is 0 Å². The van der Waals surface area contributed by atoms with Crippen LogP contribution in [0.4, 0.5) is 5.82 Å². The maximum Gasteiger partial charge on any atom is 0.263 e. The van der Waals surface area contributed by atoms with E-state index in [1.807, 2.05) is 24.3 Å². The molecule has 0 spiro atoms. The molecule has 1 aliphatic rings. The predicted molar refractivity (Wildman–Crippen MR) is 95.8 cm³/mol. The van der Waals surface area contributed by atoms with Crippen LogP contribution in [0.2, 0.25) is 0 Å². The Hall–Kier alpha value is -2.67. The molecular formula is C18H21N5O2. The van der Waals surface area contributed by atoms with Gasteiger partial charge in [-0.15, -0.1) is 0 Å². The number of benzene rings is 1.